The van der Waals surface area contributed by atoms with Gasteiger partial charge >= 0.3 is 12.1 Å². The summed E-state index contributed by atoms with van der Waals surface area (Å²) in [5.41, 5.74) is 1.34. The highest BCUT2D eigenvalue weighted by Gasteiger charge is 2.34. The molecule has 0 saturated carbocycles. The van der Waals surface area contributed by atoms with E-state index in [-0.39, 0.29) is 11.1 Å². The zero-order valence-electron chi connectivity index (χ0n) is 11.8. The Balaban J connectivity index is 2.72. The normalized spacial score (nSPS) is 11.4. The molecule has 0 aliphatic heterocycles. The summed E-state index contributed by atoms with van der Waals surface area (Å²) in [6.07, 6.45) is -3.95. The van der Waals surface area contributed by atoms with E-state index in [1.165, 1.54) is 0 Å². The first-order valence-electron chi connectivity index (χ1n) is 6.29. The molecular weight excluding hydrogens is 335 g/mol. The number of carbonyl (C=O) groups is 1. The molecular formula is C15H9F5N2O2. The van der Waals surface area contributed by atoms with E-state index in [0.717, 1.165) is 12.1 Å². The summed E-state index contributed by atoms with van der Waals surface area (Å²) in [6, 6.07) is 1.59. The number of nitrogen functional groups attached to an aromatic ring is 1. The van der Waals surface area contributed by atoms with Gasteiger partial charge in [0.15, 0.2) is 11.5 Å². The summed E-state index contributed by atoms with van der Waals surface area (Å²) < 4.78 is 65.6. The number of halogens is 5. The number of hydrogen-bond acceptors (Lipinski definition) is 3. The fourth-order valence-corrected chi connectivity index (χ4v) is 2.05. The van der Waals surface area contributed by atoms with E-state index in [1.54, 1.807) is 0 Å². The van der Waals surface area contributed by atoms with Crippen molar-refractivity contribution in [2.24, 2.45) is 0 Å². The van der Waals surface area contributed by atoms with E-state index in [9.17, 15) is 26.7 Å². The number of nitrogens with two attached hydrogens (primary N) is 1. The third-order valence-electron chi connectivity index (χ3n) is 3.17. The lowest BCUT2D eigenvalue weighted by atomic mass is 10.0. The summed E-state index contributed by atoms with van der Waals surface area (Å²) in [5.74, 6) is -4.39. The Kier molecular flexibility index (Phi) is 4.28. The number of aromatic nitrogens is 1. The van der Waals surface area contributed by atoms with Crippen LogP contribution in [0.4, 0.5) is 27.6 Å². The van der Waals surface area contributed by atoms with Crippen molar-refractivity contribution in [3.05, 3.63) is 53.2 Å². The van der Waals surface area contributed by atoms with E-state index < -0.39 is 46.4 Å². The van der Waals surface area contributed by atoms with Crippen LogP contribution >= 0.6 is 0 Å². The Bertz CT molecular complexity index is 847. The van der Waals surface area contributed by atoms with Crippen molar-refractivity contribution in [1.82, 2.24) is 4.98 Å². The van der Waals surface area contributed by atoms with Gasteiger partial charge in [0, 0.05) is 11.1 Å². The first-order valence-corrected chi connectivity index (χ1v) is 6.29. The number of benzene rings is 1. The van der Waals surface area contributed by atoms with Gasteiger partial charge in [0.2, 0.25) is 0 Å². The van der Waals surface area contributed by atoms with Crippen molar-refractivity contribution >= 4 is 17.7 Å². The Morgan fingerprint density at radius 3 is 2.38 bits per heavy atom. The molecule has 0 aliphatic rings. The minimum Gasteiger partial charge on any atom is -0.476 e. The Morgan fingerprint density at radius 1 is 1.29 bits per heavy atom. The first kappa shape index (κ1) is 17.4. The quantitative estimate of drug-likeness (QED) is 0.826. The zero-order chi connectivity index (χ0) is 18.2. The molecule has 2 aromatic rings. The summed E-state index contributed by atoms with van der Waals surface area (Å²) in [7, 11) is 0. The van der Waals surface area contributed by atoms with Crippen LogP contribution in [0.15, 0.2) is 24.8 Å². The van der Waals surface area contributed by atoms with Gasteiger partial charge in [-0.15, -0.1) is 0 Å². The summed E-state index contributed by atoms with van der Waals surface area (Å²) >= 11 is 0. The Morgan fingerprint density at radius 2 is 1.92 bits per heavy atom. The van der Waals surface area contributed by atoms with Crippen LogP contribution in [0.5, 0.6) is 0 Å². The van der Waals surface area contributed by atoms with Gasteiger partial charge in [-0.2, -0.15) is 13.2 Å². The van der Waals surface area contributed by atoms with E-state index in [1.807, 2.05) is 0 Å². The van der Waals surface area contributed by atoms with Crippen LogP contribution in [0.1, 0.15) is 21.6 Å². The van der Waals surface area contributed by atoms with Gasteiger partial charge in [0.1, 0.15) is 11.5 Å². The van der Waals surface area contributed by atoms with Crippen LogP contribution in [0, 0.1) is 11.6 Å². The molecule has 126 valence electrons. The Labute approximate surface area is 132 Å². The van der Waals surface area contributed by atoms with Crippen molar-refractivity contribution in [3.8, 4) is 11.3 Å². The van der Waals surface area contributed by atoms with Crippen molar-refractivity contribution in [1.29, 1.82) is 0 Å². The average molecular weight is 344 g/mol. The SMILES string of the molecule is C=Cc1c(C(=O)O)nc(-c2ccc(C(F)(F)F)c(F)c2)c(F)c1N. The van der Waals surface area contributed by atoms with Crippen LogP contribution in [0.25, 0.3) is 17.3 Å². The van der Waals surface area contributed by atoms with Gasteiger partial charge in [0.05, 0.1) is 11.3 Å². The molecule has 1 aromatic carbocycles. The molecule has 0 aliphatic carbocycles. The number of nitrogens with zero attached hydrogens (tertiary/aromatic N) is 1. The molecule has 9 heteroatoms. The van der Waals surface area contributed by atoms with E-state index >= 15 is 0 Å². The van der Waals surface area contributed by atoms with Gasteiger partial charge in [-0.05, 0) is 12.1 Å². The number of carboxylic acids is 1. The maximum absolute atomic E-state index is 14.3. The maximum Gasteiger partial charge on any atom is 0.419 e. The number of alkyl halides is 3. The van der Waals surface area contributed by atoms with Crippen LogP contribution in [-0.4, -0.2) is 16.1 Å². The highest BCUT2D eigenvalue weighted by molar-refractivity contribution is 5.94. The third-order valence-corrected chi connectivity index (χ3v) is 3.17. The summed E-state index contributed by atoms with van der Waals surface area (Å²) in [5, 5.41) is 9.08. The Hall–Kier alpha value is -2.97. The fourth-order valence-electron chi connectivity index (χ4n) is 2.05. The smallest absolute Gasteiger partial charge is 0.419 e. The van der Waals surface area contributed by atoms with Crippen molar-refractivity contribution in [2.75, 3.05) is 5.73 Å². The van der Waals surface area contributed by atoms with E-state index in [4.69, 9.17) is 10.8 Å². The van der Waals surface area contributed by atoms with Crippen molar-refractivity contribution in [2.45, 2.75) is 6.18 Å². The molecule has 24 heavy (non-hydrogen) atoms. The highest BCUT2D eigenvalue weighted by Crippen LogP contribution is 2.35. The molecule has 1 aromatic heterocycles. The van der Waals surface area contributed by atoms with Crippen LogP contribution < -0.4 is 5.73 Å². The molecule has 4 nitrogen and oxygen atoms in total. The first-order chi connectivity index (χ1) is 11.1. The number of hydrogen-bond donors (Lipinski definition) is 2. The van der Waals surface area contributed by atoms with Crippen LogP contribution in [0.3, 0.4) is 0 Å². The van der Waals surface area contributed by atoms with E-state index in [0.29, 0.717) is 12.1 Å². The summed E-state index contributed by atoms with van der Waals surface area (Å²) in [6.45, 7) is 3.30. The lowest BCUT2D eigenvalue weighted by Gasteiger charge is -2.12. The number of aromatic carboxylic acids is 1. The minimum absolute atomic E-state index is 0.281. The molecule has 2 rings (SSSR count). The average Bonchev–Trinajstić information content (AvgIpc) is 2.48. The zero-order valence-corrected chi connectivity index (χ0v) is 11.8. The number of rotatable bonds is 3. The van der Waals surface area contributed by atoms with Gasteiger partial charge < -0.3 is 10.8 Å². The monoisotopic (exact) mass is 344 g/mol. The molecule has 0 unspecified atom stereocenters. The largest absolute Gasteiger partial charge is 0.476 e. The van der Waals surface area contributed by atoms with Crippen molar-refractivity contribution < 1.29 is 31.9 Å². The minimum atomic E-state index is -4.92. The molecule has 3 N–H and O–H groups in total. The molecule has 0 bridgehead atoms. The molecule has 0 amide bonds. The van der Waals surface area contributed by atoms with Crippen LogP contribution in [-0.2, 0) is 6.18 Å². The van der Waals surface area contributed by atoms with Crippen LogP contribution in [0.2, 0.25) is 0 Å². The van der Waals surface area contributed by atoms with Gasteiger partial charge in [-0.3, -0.25) is 0 Å². The number of carboxylic acid groups (broad SMARTS) is 1. The standard InChI is InChI=1S/C15H9F5N2O2/c1-2-7-11(21)10(17)12(22-13(7)14(23)24)6-3-4-8(9(16)5-6)15(18,19)20/h2-5H,1H2,(H2,21,22)(H,23,24). The van der Waals surface area contributed by atoms with Crippen molar-refractivity contribution in [3.63, 3.8) is 0 Å². The second kappa shape index (κ2) is 5.91. The lowest BCUT2D eigenvalue weighted by Crippen LogP contribution is -2.11. The molecule has 1 heterocycles. The molecule has 0 spiro atoms. The molecule has 0 fully saturated rings. The predicted octanol–water partition coefficient (Wildman–Crippen LogP) is 3.97. The van der Waals surface area contributed by atoms with Gasteiger partial charge in [-0.25, -0.2) is 18.6 Å². The maximum atomic E-state index is 14.3. The second-order valence-corrected chi connectivity index (χ2v) is 4.65. The number of anilines is 1. The predicted molar refractivity (Wildman–Crippen MR) is 76.1 cm³/mol. The molecule has 0 atom stereocenters. The third kappa shape index (κ3) is 2.92. The van der Waals surface area contributed by atoms with E-state index in [2.05, 4.69) is 11.6 Å². The molecule has 0 radical (unpaired) electrons. The second-order valence-electron chi connectivity index (χ2n) is 4.65. The summed E-state index contributed by atoms with van der Waals surface area (Å²) in [4.78, 5) is 14.7. The molecule has 0 saturated heterocycles. The number of pyridine rings is 1. The lowest BCUT2D eigenvalue weighted by molar-refractivity contribution is -0.139. The fraction of sp³-hybridized carbons (Fsp3) is 0.0667. The van der Waals surface area contributed by atoms with Gasteiger partial charge in [-0.1, -0.05) is 18.7 Å². The topological polar surface area (TPSA) is 76.2 Å². The van der Waals surface area contributed by atoms with Gasteiger partial charge in [0.25, 0.3) is 0 Å². The highest BCUT2D eigenvalue weighted by atomic mass is 19.4.